The Labute approximate surface area is 119 Å². The van der Waals surface area contributed by atoms with Gasteiger partial charge in [-0.3, -0.25) is 0 Å². The molecule has 108 valence electrons. The molecule has 20 heavy (non-hydrogen) atoms. The first-order valence-electron chi connectivity index (χ1n) is 7.91. The minimum Gasteiger partial charge on any atom is -0.480 e. The second-order valence-electron chi connectivity index (χ2n) is 7.19. The minimum absolute atomic E-state index is 0.431. The van der Waals surface area contributed by atoms with Crippen molar-refractivity contribution in [3.8, 4) is 0 Å². The molecule has 4 bridgehead atoms. The van der Waals surface area contributed by atoms with Crippen molar-refractivity contribution in [3.05, 3.63) is 18.7 Å². The molecule has 4 heteroatoms. The summed E-state index contributed by atoms with van der Waals surface area (Å²) < 4.78 is 1.77. The first kappa shape index (κ1) is 12.4. The van der Waals surface area contributed by atoms with Crippen LogP contribution in [0.15, 0.2) is 18.7 Å². The van der Waals surface area contributed by atoms with Crippen LogP contribution in [0.4, 0.5) is 0 Å². The summed E-state index contributed by atoms with van der Waals surface area (Å²) in [7, 11) is 0. The Bertz CT molecular complexity index is 469. The second-order valence-corrected chi connectivity index (χ2v) is 7.19. The van der Waals surface area contributed by atoms with Crippen molar-refractivity contribution in [2.75, 3.05) is 0 Å². The molecule has 1 aromatic rings. The number of carboxylic acids is 1. The van der Waals surface area contributed by atoms with E-state index >= 15 is 0 Å². The van der Waals surface area contributed by atoms with Gasteiger partial charge in [0.15, 0.2) is 0 Å². The fourth-order valence-electron chi connectivity index (χ4n) is 5.48. The van der Waals surface area contributed by atoms with E-state index in [1.807, 2.05) is 0 Å². The Hall–Kier alpha value is -1.32. The highest BCUT2D eigenvalue weighted by molar-refractivity contribution is 5.71. The van der Waals surface area contributed by atoms with Crippen molar-refractivity contribution in [3.63, 3.8) is 0 Å². The molecular weight excluding hydrogens is 252 g/mol. The van der Waals surface area contributed by atoms with Crippen molar-refractivity contribution in [1.29, 1.82) is 0 Å². The van der Waals surface area contributed by atoms with Gasteiger partial charge in [-0.1, -0.05) is 0 Å². The fourth-order valence-corrected chi connectivity index (χ4v) is 5.48. The van der Waals surface area contributed by atoms with E-state index in [2.05, 4.69) is 4.98 Å². The zero-order valence-electron chi connectivity index (χ0n) is 11.7. The number of rotatable bonds is 4. The number of nitrogens with zero attached hydrogens (tertiary/aromatic N) is 2. The van der Waals surface area contributed by atoms with Gasteiger partial charge in [-0.25, -0.2) is 9.78 Å². The lowest BCUT2D eigenvalue weighted by atomic mass is 9.51. The van der Waals surface area contributed by atoms with Crippen LogP contribution in [-0.2, 0) is 4.79 Å². The van der Waals surface area contributed by atoms with Crippen molar-refractivity contribution >= 4 is 5.97 Å². The highest BCUT2D eigenvalue weighted by Crippen LogP contribution is 2.58. The zero-order chi connectivity index (χ0) is 13.7. The average Bonchev–Trinajstić information content (AvgIpc) is 2.90. The van der Waals surface area contributed by atoms with Crippen LogP contribution >= 0.6 is 0 Å². The predicted molar refractivity (Wildman–Crippen MR) is 74.1 cm³/mol. The lowest BCUT2D eigenvalue weighted by Crippen LogP contribution is -2.46. The van der Waals surface area contributed by atoms with Crippen LogP contribution in [0.1, 0.15) is 44.6 Å². The number of aliphatic carboxylic acids is 1. The summed E-state index contributed by atoms with van der Waals surface area (Å²) in [5.74, 6) is 3.38. The summed E-state index contributed by atoms with van der Waals surface area (Å²) in [6, 6.07) is -0.431. The van der Waals surface area contributed by atoms with Gasteiger partial charge in [-0.05, 0) is 68.1 Å². The highest BCUT2D eigenvalue weighted by Gasteiger charge is 2.48. The summed E-state index contributed by atoms with van der Waals surface area (Å²) in [6.45, 7) is 0. The van der Waals surface area contributed by atoms with E-state index < -0.39 is 12.0 Å². The van der Waals surface area contributed by atoms with Gasteiger partial charge in [0.25, 0.3) is 0 Å². The molecule has 0 aromatic carbocycles. The molecule has 1 aromatic heterocycles. The molecule has 1 N–H and O–H groups in total. The van der Waals surface area contributed by atoms with Gasteiger partial charge in [0, 0.05) is 12.4 Å². The number of hydrogen-bond donors (Lipinski definition) is 1. The molecule has 4 nitrogen and oxygen atoms in total. The van der Waals surface area contributed by atoms with E-state index in [-0.39, 0.29) is 0 Å². The molecule has 1 unspecified atom stereocenters. The van der Waals surface area contributed by atoms with Crippen LogP contribution in [-0.4, -0.2) is 20.6 Å². The molecular formula is C16H22N2O2. The summed E-state index contributed by atoms with van der Waals surface area (Å²) in [5, 5.41) is 9.55. The van der Waals surface area contributed by atoms with Crippen LogP contribution in [0.25, 0.3) is 0 Å². The first-order chi connectivity index (χ1) is 9.70. The predicted octanol–water partition coefficient (Wildman–Crippen LogP) is 2.97. The van der Waals surface area contributed by atoms with Gasteiger partial charge < -0.3 is 9.67 Å². The topological polar surface area (TPSA) is 55.1 Å². The van der Waals surface area contributed by atoms with Gasteiger partial charge in [0.2, 0.25) is 0 Å². The summed E-state index contributed by atoms with van der Waals surface area (Å²) in [6.07, 6.45) is 12.8. The molecule has 0 aliphatic heterocycles. The Morgan fingerprint density at radius 1 is 1.20 bits per heavy atom. The third-order valence-corrected chi connectivity index (χ3v) is 6.09. The normalized spacial score (nSPS) is 39.9. The first-order valence-corrected chi connectivity index (χ1v) is 7.91. The molecule has 5 rings (SSSR count). The molecule has 4 aliphatic carbocycles. The van der Waals surface area contributed by atoms with Crippen LogP contribution in [0, 0.1) is 29.6 Å². The lowest BCUT2D eigenvalue weighted by Gasteiger charge is -2.55. The maximum Gasteiger partial charge on any atom is 0.326 e. The molecule has 0 radical (unpaired) electrons. The molecule has 4 aliphatic rings. The van der Waals surface area contributed by atoms with Crippen molar-refractivity contribution in [2.24, 2.45) is 29.6 Å². The van der Waals surface area contributed by atoms with E-state index in [0.29, 0.717) is 5.92 Å². The SMILES string of the molecule is O=C(O)C(CC1C2CC3CC(C2)CC1C3)n1ccnc1. The van der Waals surface area contributed by atoms with E-state index in [1.165, 1.54) is 32.1 Å². The van der Waals surface area contributed by atoms with E-state index in [4.69, 9.17) is 0 Å². The molecule has 0 amide bonds. The highest BCUT2D eigenvalue weighted by atomic mass is 16.4. The molecule has 0 saturated heterocycles. The summed E-state index contributed by atoms with van der Waals surface area (Å²) in [4.78, 5) is 15.6. The second kappa shape index (κ2) is 4.61. The third kappa shape index (κ3) is 1.97. The smallest absolute Gasteiger partial charge is 0.326 e. The van der Waals surface area contributed by atoms with Gasteiger partial charge >= 0.3 is 5.97 Å². The largest absolute Gasteiger partial charge is 0.480 e. The number of carboxylic acid groups (broad SMARTS) is 1. The Morgan fingerprint density at radius 2 is 1.85 bits per heavy atom. The Balaban J connectivity index is 1.54. The fraction of sp³-hybridized carbons (Fsp3) is 0.750. The van der Waals surface area contributed by atoms with E-state index in [0.717, 1.165) is 30.1 Å². The number of carbonyl (C=O) groups is 1. The molecule has 4 fully saturated rings. The number of imidazole rings is 1. The van der Waals surface area contributed by atoms with Crippen molar-refractivity contribution < 1.29 is 9.90 Å². The Kier molecular flexibility index (Phi) is 2.86. The quantitative estimate of drug-likeness (QED) is 0.918. The van der Waals surface area contributed by atoms with Crippen LogP contribution in [0.5, 0.6) is 0 Å². The van der Waals surface area contributed by atoms with Crippen LogP contribution in [0.2, 0.25) is 0 Å². The van der Waals surface area contributed by atoms with Crippen LogP contribution in [0.3, 0.4) is 0 Å². The van der Waals surface area contributed by atoms with Crippen molar-refractivity contribution in [2.45, 2.75) is 44.6 Å². The maximum atomic E-state index is 11.6. The lowest BCUT2D eigenvalue weighted by molar-refractivity contribution is -0.143. The maximum absolute atomic E-state index is 11.6. The van der Waals surface area contributed by atoms with Crippen molar-refractivity contribution in [1.82, 2.24) is 9.55 Å². The van der Waals surface area contributed by atoms with Gasteiger partial charge in [-0.15, -0.1) is 0 Å². The van der Waals surface area contributed by atoms with E-state index in [9.17, 15) is 9.90 Å². The van der Waals surface area contributed by atoms with Gasteiger partial charge in [0.05, 0.1) is 6.33 Å². The van der Waals surface area contributed by atoms with Gasteiger partial charge in [0.1, 0.15) is 6.04 Å². The molecule has 0 spiro atoms. The van der Waals surface area contributed by atoms with Gasteiger partial charge in [-0.2, -0.15) is 0 Å². The number of aromatic nitrogens is 2. The summed E-state index contributed by atoms with van der Waals surface area (Å²) >= 11 is 0. The minimum atomic E-state index is -0.711. The zero-order valence-corrected chi connectivity index (χ0v) is 11.7. The van der Waals surface area contributed by atoms with E-state index in [1.54, 1.807) is 23.3 Å². The molecule has 4 saturated carbocycles. The molecule has 1 heterocycles. The monoisotopic (exact) mass is 274 g/mol. The standard InChI is InChI=1S/C16H22N2O2/c19-16(20)15(18-2-1-17-9-18)8-14-12-4-10-3-11(6-12)7-13(14)5-10/h1-2,9-15H,3-8H2,(H,19,20). The Morgan fingerprint density at radius 3 is 2.35 bits per heavy atom. The van der Waals surface area contributed by atoms with Crippen LogP contribution < -0.4 is 0 Å². The average molecular weight is 274 g/mol. The summed E-state index contributed by atoms with van der Waals surface area (Å²) in [5.41, 5.74) is 0. The third-order valence-electron chi connectivity index (χ3n) is 6.09. The molecule has 1 atom stereocenters. The number of hydrogen-bond acceptors (Lipinski definition) is 2.